The van der Waals surface area contributed by atoms with Gasteiger partial charge >= 0.3 is 0 Å². The average Bonchev–Trinajstić information content (AvgIpc) is 2.35. The van der Waals surface area contributed by atoms with Crippen molar-refractivity contribution < 1.29 is 4.74 Å². The Hall–Kier alpha value is -0.220. The zero-order valence-corrected chi connectivity index (χ0v) is 11.8. The lowest BCUT2D eigenvalue weighted by Gasteiger charge is -2.04. The maximum atomic E-state index is 5.83. The Kier molecular flexibility index (Phi) is 8.53. The van der Waals surface area contributed by atoms with Crippen LogP contribution in [0.25, 0.3) is 0 Å². The van der Waals surface area contributed by atoms with Crippen molar-refractivity contribution in [3.8, 4) is 0 Å². The summed E-state index contributed by atoms with van der Waals surface area (Å²) in [6.45, 7) is 2.80. The molecule has 2 nitrogen and oxygen atoms in total. The predicted octanol–water partition coefficient (Wildman–Crippen LogP) is 3.20. The number of nitrogens with one attached hydrogen (secondary N) is 1. The fraction of sp³-hybridized carbons (Fsp3) is 0.538. The molecule has 0 atom stereocenters. The number of thioether (sulfide) groups is 1. The molecule has 4 heteroatoms. The number of rotatable bonds is 9. The molecule has 1 aromatic carbocycles. The van der Waals surface area contributed by atoms with Crippen LogP contribution < -0.4 is 5.32 Å². The number of ether oxygens (including phenoxy) is 1. The Morgan fingerprint density at radius 2 is 2.00 bits per heavy atom. The first-order chi connectivity index (χ1) is 8.33. The van der Waals surface area contributed by atoms with Crippen LogP contribution in [0.1, 0.15) is 12.0 Å². The van der Waals surface area contributed by atoms with Gasteiger partial charge in [0.25, 0.3) is 0 Å². The fourth-order valence-electron chi connectivity index (χ4n) is 1.37. The fourth-order valence-corrected chi connectivity index (χ4v) is 2.42. The lowest BCUT2D eigenvalue weighted by atomic mass is 10.2. The van der Waals surface area contributed by atoms with Crippen LogP contribution in [0, 0.1) is 0 Å². The van der Waals surface area contributed by atoms with Gasteiger partial charge in [0.2, 0.25) is 0 Å². The third kappa shape index (κ3) is 7.66. The Labute approximate surface area is 113 Å². The maximum Gasteiger partial charge on any atom is 0.0587 e. The van der Waals surface area contributed by atoms with Crippen molar-refractivity contribution >= 4 is 23.4 Å². The molecular weight excluding hydrogens is 254 g/mol. The summed E-state index contributed by atoms with van der Waals surface area (Å²) in [5, 5.41) is 4.14. The van der Waals surface area contributed by atoms with E-state index in [0.717, 1.165) is 30.5 Å². The molecule has 0 amide bonds. The Balaban J connectivity index is 1.95. The molecule has 0 saturated heterocycles. The standard InChI is InChI=1S/C13H20ClNOS/c1-16-9-8-15-7-2-10-17-11-12-3-5-13(14)6-4-12/h3-6,15H,2,7-11H2,1H3. The Bertz CT molecular complexity index is 292. The van der Waals surface area contributed by atoms with Crippen molar-refractivity contribution in [3.05, 3.63) is 34.9 Å². The van der Waals surface area contributed by atoms with Gasteiger partial charge in [0, 0.05) is 24.4 Å². The van der Waals surface area contributed by atoms with Gasteiger partial charge in [0.05, 0.1) is 6.61 Å². The van der Waals surface area contributed by atoms with Gasteiger partial charge in [0.1, 0.15) is 0 Å². The van der Waals surface area contributed by atoms with Crippen LogP contribution in [0.2, 0.25) is 5.02 Å². The summed E-state index contributed by atoms with van der Waals surface area (Å²) in [6, 6.07) is 8.08. The molecule has 0 spiro atoms. The topological polar surface area (TPSA) is 21.3 Å². The van der Waals surface area contributed by atoms with E-state index in [2.05, 4.69) is 17.4 Å². The highest BCUT2D eigenvalue weighted by Crippen LogP contribution is 2.15. The van der Waals surface area contributed by atoms with Crippen LogP contribution in [-0.4, -0.2) is 32.6 Å². The van der Waals surface area contributed by atoms with Gasteiger partial charge in [-0.3, -0.25) is 0 Å². The normalized spacial score (nSPS) is 10.7. The third-order valence-corrected chi connectivity index (χ3v) is 3.67. The summed E-state index contributed by atoms with van der Waals surface area (Å²) >= 11 is 7.79. The molecule has 0 radical (unpaired) electrons. The third-order valence-electron chi connectivity index (χ3n) is 2.31. The van der Waals surface area contributed by atoms with Crippen LogP contribution in [0.3, 0.4) is 0 Å². The van der Waals surface area contributed by atoms with Crippen molar-refractivity contribution in [3.63, 3.8) is 0 Å². The van der Waals surface area contributed by atoms with Crippen LogP contribution in [-0.2, 0) is 10.5 Å². The second kappa shape index (κ2) is 9.77. The zero-order valence-electron chi connectivity index (χ0n) is 10.2. The molecule has 0 bridgehead atoms. The minimum Gasteiger partial charge on any atom is -0.383 e. The van der Waals surface area contributed by atoms with Gasteiger partial charge in [-0.2, -0.15) is 11.8 Å². The van der Waals surface area contributed by atoms with E-state index in [9.17, 15) is 0 Å². The molecule has 1 rings (SSSR count). The molecule has 0 saturated carbocycles. The molecule has 17 heavy (non-hydrogen) atoms. The van der Waals surface area contributed by atoms with E-state index in [1.807, 2.05) is 23.9 Å². The van der Waals surface area contributed by atoms with Crippen molar-refractivity contribution in [2.75, 3.05) is 32.6 Å². The summed E-state index contributed by atoms with van der Waals surface area (Å²) in [4.78, 5) is 0. The SMILES string of the molecule is COCCNCCCSCc1ccc(Cl)cc1. The average molecular weight is 274 g/mol. The van der Waals surface area contributed by atoms with E-state index in [1.54, 1.807) is 7.11 Å². The Morgan fingerprint density at radius 1 is 1.24 bits per heavy atom. The van der Waals surface area contributed by atoms with E-state index in [1.165, 1.54) is 17.7 Å². The molecule has 0 aliphatic rings. The van der Waals surface area contributed by atoms with Crippen LogP contribution in [0.4, 0.5) is 0 Å². The van der Waals surface area contributed by atoms with E-state index in [-0.39, 0.29) is 0 Å². The molecule has 0 aromatic heterocycles. The molecule has 0 heterocycles. The molecule has 0 aliphatic heterocycles. The highest BCUT2D eigenvalue weighted by atomic mass is 35.5. The number of methoxy groups -OCH3 is 1. The molecular formula is C13H20ClNOS. The van der Waals surface area contributed by atoms with E-state index >= 15 is 0 Å². The second-order valence-electron chi connectivity index (χ2n) is 3.78. The predicted molar refractivity (Wildman–Crippen MR) is 77.0 cm³/mol. The minimum absolute atomic E-state index is 0.790. The number of hydrogen-bond acceptors (Lipinski definition) is 3. The van der Waals surface area contributed by atoms with Gasteiger partial charge in [-0.25, -0.2) is 0 Å². The maximum absolute atomic E-state index is 5.83. The molecule has 0 unspecified atom stereocenters. The minimum atomic E-state index is 0.790. The van der Waals surface area contributed by atoms with Gasteiger partial charge in [-0.1, -0.05) is 23.7 Å². The molecule has 0 aliphatic carbocycles. The second-order valence-corrected chi connectivity index (χ2v) is 5.32. The summed E-state index contributed by atoms with van der Waals surface area (Å²) in [6.07, 6.45) is 1.20. The first-order valence-corrected chi connectivity index (χ1v) is 7.38. The monoisotopic (exact) mass is 273 g/mol. The molecule has 96 valence electrons. The van der Waals surface area contributed by atoms with Gasteiger partial charge in [-0.15, -0.1) is 0 Å². The van der Waals surface area contributed by atoms with Crippen LogP contribution >= 0.6 is 23.4 Å². The lowest BCUT2D eigenvalue weighted by molar-refractivity contribution is 0.199. The number of halogens is 1. The molecule has 1 aromatic rings. The first kappa shape index (κ1) is 14.8. The van der Waals surface area contributed by atoms with Gasteiger partial charge in [0.15, 0.2) is 0 Å². The number of benzene rings is 1. The zero-order chi connectivity index (χ0) is 12.3. The van der Waals surface area contributed by atoms with Crippen molar-refractivity contribution in [2.45, 2.75) is 12.2 Å². The smallest absolute Gasteiger partial charge is 0.0587 e. The van der Waals surface area contributed by atoms with E-state index < -0.39 is 0 Å². The van der Waals surface area contributed by atoms with Crippen molar-refractivity contribution in [2.24, 2.45) is 0 Å². The summed E-state index contributed by atoms with van der Waals surface area (Å²) < 4.78 is 4.96. The first-order valence-electron chi connectivity index (χ1n) is 5.85. The summed E-state index contributed by atoms with van der Waals surface area (Å²) in [5.74, 6) is 2.25. The van der Waals surface area contributed by atoms with Gasteiger partial charge < -0.3 is 10.1 Å². The van der Waals surface area contributed by atoms with Crippen LogP contribution in [0.15, 0.2) is 24.3 Å². The highest BCUT2D eigenvalue weighted by Gasteiger charge is 1.94. The largest absolute Gasteiger partial charge is 0.383 e. The summed E-state index contributed by atoms with van der Waals surface area (Å²) in [7, 11) is 1.73. The molecule has 0 fully saturated rings. The highest BCUT2D eigenvalue weighted by molar-refractivity contribution is 7.98. The summed E-state index contributed by atoms with van der Waals surface area (Å²) in [5.41, 5.74) is 1.34. The molecule has 1 N–H and O–H groups in total. The van der Waals surface area contributed by atoms with Crippen molar-refractivity contribution in [1.82, 2.24) is 5.32 Å². The quantitative estimate of drug-likeness (QED) is 0.698. The van der Waals surface area contributed by atoms with Crippen molar-refractivity contribution in [1.29, 1.82) is 0 Å². The lowest BCUT2D eigenvalue weighted by Crippen LogP contribution is -2.20. The Morgan fingerprint density at radius 3 is 2.71 bits per heavy atom. The van der Waals surface area contributed by atoms with E-state index in [0.29, 0.717) is 0 Å². The van der Waals surface area contributed by atoms with E-state index in [4.69, 9.17) is 16.3 Å². The number of hydrogen-bond donors (Lipinski definition) is 1. The van der Waals surface area contributed by atoms with Gasteiger partial charge in [-0.05, 0) is 36.4 Å². The van der Waals surface area contributed by atoms with Crippen LogP contribution in [0.5, 0.6) is 0 Å².